The zero-order valence-corrected chi connectivity index (χ0v) is 17.4. The molecule has 4 nitrogen and oxygen atoms in total. The van der Waals surface area contributed by atoms with Crippen LogP contribution in [0.15, 0.2) is 82.1 Å². The van der Waals surface area contributed by atoms with Crippen LogP contribution in [0.5, 0.6) is 0 Å². The van der Waals surface area contributed by atoms with Crippen molar-refractivity contribution in [3.05, 3.63) is 95.6 Å². The normalized spacial score (nSPS) is 11.6. The monoisotopic (exact) mass is 421 g/mol. The average Bonchev–Trinajstić information content (AvgIpc) is 3.11. The molecule has 0 unspecified atom stereocenters. The molecule has 1 heterocycles. The molecule has 3 aromatic carbocycles. The first-order valence-electron chi connectivity index (χ1n) is 9.42. The minimum atomic E-state index is -3.32. The van der Waals surface area contributed by atoms with Gasteiger partial charge in [0, 0.05) is 18.2 Å². The quantitative estimate of drug-likeness (QED) is 0.430. The van der Waals surface area contributed by atoms with Crippen LogP contribution in [0.3, 0.4) is 0 Å². The van der Waals surface area contributed by atoms with Gasteiger partial charge in [0.25, 0.3) is 0 Å². The first kappa shape index (κ1) is 20.0. The summed E-state index contributed by atoms with van der Waals surface area (Å²) < 4.78 is 44.3. The first-order valence-corrected chi connectivity index (χ1v) is 11.3. The van der Waals surface area contributed by atoms with Crippen LogP contribution in [0.2, 0.25) is 0 Å². The van der Waals surface area contributed by atoms with Crippen molar-refractivity contribution in [1.29, 1.82) is 0 Å². The molecular weight excluding hydrogens is 401 g/mol. The van der Waals surface area contributed by atoms with Gasteiger partial charge in [0.2, 0.25) is 0 Å². The number of hydrogen-bond acceptors (Lipinski definition) is 4. The average molecular weight is 421 g/mol. The Kier molecular flexibility index (Phi) is 5.26. The highest BCUT2D eigenvalue weighted by atomic mass is 32.2. The fourth-order valence-electron chi connectivity index (χ4n) is 3.36. The molecule has 0 spiro atoms. The second kappa shape index (κ2) is 7.88. The molecule has 4 rings (SSSR count). The summed E-state index contributed by atoms with van der Waals surface area (Å²) in [7, 11) is -3.32. The van der Waals surface area contributed by atoms with Crippen LogP contribution in [-0.2, 0) is 16.3 Å². The van der Waals surface area contributed by atoms with Crippen LogP contribution in [0.1, 0.15) is 17.0 Å². The third-order valence-corrected chi connectivity index (χ3v) is 6.00. The van der Waals surface area contributed by atoms with Gasteiger partial charge in [-0.2, -0.15) is 0 Å². The van der Waals surface area contributed by atoms with Crippen molar-refractivity contribution in [1.82, 2.24) is 4.98 Å². The van der Waals surface area contributed by atoms with Crippen LogP contribution in [0.4, 0.5) is 4.39 Å². The predicted molar refractivity (Wildman–Crippen MR) is 114 cm³/mol. The van der Waals surface area contributed by atoms with E-state index < -0.39 is 15.7 Å². The van der Waals surface area contributed by atoms with Crippen LogP contribution in [0, 0.1) is 12.7 Å². The van der Waals surface area contributed by atoms with Crippen molar-refractivity contribution in [2.75, 3.05) is 6.26 Å². The van der Waals surface area contributed by atoms with Crippen molar-refractivity contribution < 1.29 is 17.2 Å². The highest BCUT2D eigenvalue weighted by Gasteiger charge is 2.22. The molecule has 6 heteroatoms. The molecule has 0 radical (unpaired) electrons. The number of benzene rings is 3. The van der Waals surface area contributed by atoms with Gasteiger partial charge >= 0.3 is 0 Å². The third-order valence-electron chi connectivity index (χ3n) is 4.87. The van der Waals surface area contributed by atoms with E-state index in [1.54, 1.807) is 18.2 Å². The fraction of sp³-hybridized carbons (Fsp3) is 0.125. The topological polar surface area (TPSA) is 60.2 Å². The molecule has 152 valence electrons. The summed E-state index contributed by atoms with van der Waals surface area (Å²) in [5, 5.41) is 0. The number of halogens is 1. The Morgan fingerprint density at radius 2 is 1.63 bits per heavy atom. The fourth-order valence-corrected chi connectivity index (χ4v) is 3.99. The van der Waals surface area contributed by atoms with Gasteiger partial charge in [0.1, 0.15) is 11.5 Å². The van der Waals surface area contributed by atoms with Crippen molar-refractivity contribution in [3.8, 4) is 22.6 Å². The minimum absolute atomic E-state index is 0.211. The van der Waals surface area contributed by atoms with Gasteiger partial charge in [-0.15, -0.1) is 0 Å². The molecule has 0 aliphatic rings. The van der Waals surface area contributed by atoms with Gasteiger partial charge in [0.05, 0.1) is 10.5 Å². The van der Waals surface area contributed by atoms with Gasteiger partial charge < -0.3 is 4.42 Å². The Morgan fingerprint density at radius 3 is 2.27 bits per heavy atom. The summed E-state index contributed by atoms with van der Waals surface area (Å²) in [5.74, 6) is 0.399. The zero-order chi connectivity index (χ0) is 21.3. The number of oxazole rings is 1. The van der Waals surface area contributed by atoms with Gasteiger partial charge in [-0.25, -0.2) is 17.8 Å². The zero-order valence-electron chi connectivity index (χ0n) is 16.6. The molecule has 0 amide bonds. The lowest BCUT2D eigenvalue weighted by atomic mass is 10.0. The maximum absolute atomic E-state index is 14.7. The highest BCUT2D eigenvalue weighted by Crippen LogP contribution is 2.36. The Balaban J connectivity index is 1.85. The maximum atomic E-state index is 14.7. The second-order valence-corrected chi connectivity index (χ2v) is 9.19. The standard InChI is InChI=1S/C24H20FNO3S/c1-16-7-6-10-20(25)22(16)24-23(18-11-13-19(14-12-18)30(2,27)28)26-21(29-24)15-17-8-4-3-5-9-17/h3-14H,15H2,1-2H3. The van der Waals surface area contributed by atoms with Crippen LogP contribution >= 0.6 is 0 Å². The van der Waals surface area contributed by atoms with Crippen molar-refractivity contribution >= 4 is 9.84 Å². The Bertz CT molecular complexity index is 1270. The van der Waals surface area contributed by atoms with Crippen LogP contribution in [-0.4, -0.2) is 19.7 Å². The Morgan fingerprint density at radius 1 is 0.933 bits per heavy atom. The van der Waals surface area contributed by atoms with Crippen molar-refractivity contribution in [2.45, 2.75) is 18.2 Å². The summed E-state index contributed by atoms with van der Waals surface area (Å²) in [5.41, 5.74) is 3.24. The van der Waals surface area contributed by atoms with Gasteiger partial charge in [-0.05, 0) is 36.2 Å². The predicted octanol–water partition coefficient (Wildman–Crippen LogP) is 5.45. The lowest BCUT2D eigenvalue weighted by Crippen LogP contribution is -1.96. The van der Waals surface area contributed by atoms with Gasteiger partial charge in [0.15, 0.2) is 21.5 Å². The number of hydrogen-bond donors (Lipinski definition) is 0. The molecule has 1 aromatic heterocycles. The van der Waals surface area contributed by atoms with Gasteiger partial charge in [-0.3, -0.25) is 0 Å². The first-order chi connectivity index (χ1) is 14.3. The van der Waals surface area contributed by atoms with E-state index in [0.29, 0.717) is 34.9 Å². The number of rotatable bonds is 5. The Labute approximate surface area is 175 Å². The van der Waals surface area contributed by atoms with E-state index in [-0.39, 0.29) is 4.90 Å². The molecule has 0 fully saturated rings. The van der Waals surface area contributed by atoms with E-state index in [1.165, 1.54) is 18.2 Å². The summed E-state index contributed by atoms with van der Waals surface area (Å²) >= 11 is 0. The molecule has 0 saturated heterocycles. The van der Waals surface area contributed by atoms with Crippen LogP contribution < -0.4 is 0 Å². The van der Waals surface area contributed by atoms with Crippen LogP contribution in [0.25, 0.3) is 22.6 Å². The molecule has 0 saturated carbocycles. The lowest BCUT2D eigenvalue weighted by Gasteiger charge is -2.07. The summed E-state index contributed by atoms with van der Waals surface area (Å²) in [4.78, 5) is 4.85. The molecule has 0 bridgehead atoms. The van der Waals surface area contributed by atoms with Crippen molar-refractivity contribution in [2.24, 2.45) is 0 Å². The molecular formula is C24H20FNO3S. The summed E-state index contributed by atoms with van der Waals surface area (Å²) in [6, 6.07) is 21.0. The molecule has 4 aromatic rings. The van der Waals surface area contributed by atoms with E-state index in [2.05, 4.69) is 4.98 Å². The highest BCUT2D eigenvalue weighted by molar-refractivity contribution is 7.90. The lowest BCUT2D eigenvalue weighted by molar-refractivity contribution is 0.514. The number of sulfone groups is 1. The molecule has 0 aliphatic carbocycles. The second-order valence-electron chi connectivity index (χ2n) is 7.18. The molecule has 0 atom stereocenters. The summed E-state index contributed by atoms with van der Waals surface area (Å²) in [6.45, 7) is 1.81. The number of aryl methyl sites for hydroxylation is 1. The maximum Gasteiger partial charge on any atom is 0.199 e. The SMILES string of the molecule is Cc1cccc(F)c1-c1oc(Cc2ccccc2)nc1-c1ccc(S(C)(=O)=O)cc1. The Hall–Kier alpha value is -3.25. The van der Waals surface area contributed by atoms with E-state index >= 15 is 0 Å². The van der Waals surface area contributed by atoms with E-state index in [1.807, 2.05) is 43.3 Å². The smallest absolute Gasteiger partial charge is 0.199 e. The molecule has 0 aliphatic heterocycles. The molecule has 30 heavy (non-hydrogen) atoms. The summed E-state index contributed by atoms with van der Waals surface area (Å²) in [6.07, 6.45) is 1.62. The van der Waals surface area contributed by atoms with E-state index in [9.17, 15) is 12.8 Å². The number of aromatic nitrogens is 1. The van der Waals surface area contributed by atoms with E-state index in [4.69, 9.17) is 4.42 Å². The molecule has 0 N–H and O–H groups in total. The third kappa shape index (κ3) is 4.04. The van der Waals surface area contributed by atoms with Crippen molar-refractivity contribution in [3.63, 3.8) is 0 Å². The largest absolute Gasteiger partial charge is 0.440 e. The van der Waals surface area contributed by atoms with Gasteiger partial charge in [-0.1, -0.05) is 54.6 Å². The minimum Gasteiger partial charge on any atom is -0.440 e. The van der Waals surface area contributed by atoms with E-state index in [0.717, 1.165) is 17.4 Å². The number of nitrogens with zero attached hydrogens (tertiary/aromatic N) is 1.